The zero-order valence-corrected chi connectivity index (χ0v) is 25.8. The van der Waals surface area contributed by atoms with Crippen molar-refractivity contribution in [3.05, 3.63) is 58.9 Å². The second-order valence-corrected chi connectivity index (χ2v) is 11.9. The number of hydrogen-bond acceptors (Lipinski definition) is 6. The summed E-state index contributed by atoms with van der Waals surface area (Å²) in [5, 5.41) is 6.16. The molecule has 1 atom stereocenters. The third-order valence-corrected chi connectivity index (χ3v) is 8.37. The number of hydrogen-bond donors (Lipinski definition) is 2. The van der Waals surface area contributed by atoms with E-state index in [4.69, 9.17) is 9.47 Å². The van der Waals surface area contributed by atoms with E-state index in [1.54, 1.807) is 11.0 Å². The monoisotopic (exact) mass is 596 g/mol. The number of fused-ring (bicyclic) bond motifs is 2. The van der Waals surface area contributed by atoms with Gasteiger partial charge in [-0.25, -0.2) is 4.39 Å². The molecule has 10 heteroatoms. The van der Waals surface area contributed by atoms with E-state index in [9.17, 15) is 14.4 Å². The van der Waals surface area contributed by atoms with Crippen LogP contribution in [0, 0.1) is 11.7 Å². The molecule has 2 aromatic carbocycles. The van der Waals surface area contributed by atoms with Crippen molar-refractivity contribution in [2.24, 2.45) is 5.92 Å². The number of aryl methyl sites for hydroxylation is 1. The van der Waals surface area contributed by atoms with Crippen LogP contribution in [0.25, 0.3) is 0 Å². The normalized spacial score (nSPS) is 20.8. The van der Waals surface area contributed by atoms with E-state index < -0.39 is 11.4 Å². The van der Waals surface area contributed by atoms with E-state index in [-0.39, 0.29) is 37.4 Å². The molecule has 0 bridgehead atoms. The maximum atomic E-state index is 15.1. The molecule has 4 rings (SSSR count). The molecule has 2 aromatic rings. The van der Waals surface area contributed by atoms with Crippen LogP contribution in [0.1, 0.15) is 62.6 Å². The molecule has 9 nitrogen and oxygen atoms in total. The Bertz CT molecular complexity index is 1300. The summed E-state index contributed by atoms with van der Waals surface area (Å²) in [6, 6.07) is 10.7. The average Bonchev–Trinajstić information content (AvgIpc) is 2.99. The van der Waals surface area contributed by atoms with Crippen LogP contribution in [0.2, 0.25) is 0 Å². The fourth-order valence-electron chi connectivity index (χ4n) is 5.99. The van der Waals surface area contributed by atoms with Gasteiger partial charge in [0.2, 0.25) is 17.7 Å². The second kappa shape index (κ2) is 14.7. The van der Waals surface area contributed by atoms with Crippen LogP contribution < -0.4 is 20.1 Å². The lowest BCUT2D eigenvalue weighted by molar-refractivity contribution is -0.140. The van der Waals surface area contributed by atoms with E-state index >= 15 is 4.39 Å². The molecular formula is C33H45FN4O5. The number of carbonyl (C=O) groups is 3. The molecule has 2 aliphatic rings. The van der Waals surface area contributed by atoms with Crippen LogP contribution in [0.5, 0.6) is 11.5 Å². The number of benzene rings is 2. The summed E-state index contributed by atoms with van der Waals surface area (Å²) in [4.78, 5) is 44.7. The van der Waals surface area contributed by atoms with E-state index in [2.05, 4.69) is 24.5 Å². The van der Waals surface area contributed by atoms with E-state index in [1.807, 2.05) is 29.2 Å². The fraction of sp³-hybridized carbons (Fsp3) is 0.545. The standard InChI is InChI=1S/C33H45FN4O5/c1-23(2)13-17-38-21-30(39)36-33(14-9-11-24-10-5-6-12-26(24)33)32(41)35-15-7-8-16-37(22-31(38)40)20-25-18-28(42-3)29(43-4)19-27(25)34/h5-6,10,12,18-19,23H,7-9,11,13-17,20-22H2,1-4H3,(H,35,41)(H,36,39). The van der Waals surface area contributed by atoms with Gasteiger partial charge in [-0.3, -0.25) is 19.3 Å². The van der Waals surface area contributed by atoms with Gasteiger partial charge in [-0.15, -0.1) is 0 Å². The van der Waals surface area contributed by atoms with Crippen LogP contribution >= 0.6 is 0 Å². The highest BCUT2D eigenvalue weighted by molar-refractivity contribution is 5.94. The fourth-order valence-corrected chi connectivity index (χ4v) is 5.99. The van der Waals surface area contributed by atoms with Crippen molar-refractivity contribution in [1.82, 2.24) is 20.4 Å². The van der Waals surface area contributed by atoms with Gasteiger partial charge >= 0.3 is 0 Å². The number of ether oxygens (including phenoxy) is 2. The van der Waals surface area contributed by atoms with Crippen LogP contribution in [-0.4, -0.2) is 74.5 Å². The van der Waals surface area contributed by atoms with E-state index in [1.165, 1.54) is 20.3 Å². The Balaban J connectivity index is 1.61. The smallest absolute Gasteiger partial charge is 0.250 e. The lowest BCUT2D eigenvalue weighted by Crippen LogP contribution is -2.60. The quantitative estimate of drug-likeness (QED) is 0.505. The molecule has 43 heavy (non-hydrogen) atoms. The molecule has 0 radical (unpaired) electrons. The van der Waals surface area contributed by atoms with Gasteiger partial charge in [0, 0.05) is 31.3 Å². The summed E-state index contributed by atoms with van der Waals surface area (Å²) in [5.74, 6) is -0.248. The van der Waals surface area contributed by atoms with Crippen LogP contribution in [0.3, 0.4) is 0 Å². The van der Waals surface area contributed by atoms with Gasteiger partial charge in [0.25, 0.3) is 0 Å². The maximum Gasteiger partial charge on any atom is 0.250 e. The Hall–Kier alpha value is -3.66. The number of nitrogens with one attached hydrogen (secondary N) is 2. The second-order valence-electron chi connectivity index (χ2n) is 11.9. The SMILES string of the molecule is COc1cc(F)c(CN2CCCCNC(=O)C3(CCCc4ccccc43)NC(=O)CN(CCC(C)C)C(=O)C2)cc1OC. The molecule has 0 aromatic heterocycles. The Morgan fingerprint density at radius 2 is 1.74 bits per heavy atom. The predicted molar refractivity (Wildman–Crippen MR) is 162 cm³/mol. The van der Waals surface area contributed by atoms with Crippen molar-refractivity contribution in [3.63, 3.8) is 0 Å². The lowest BCUT2D eigenvalue weighted by atomic mass is 9.75. The molecule has 234 valence electrons. The average molecular weight is 597 g/mol. The van der Waals surface area contributed by atoms with Crippen molar-refractivity contribution < 1.29 is 28.2 Å². The van der Waals surface area contributed by atoms with Crippen molar-refractivity contribution in [2.45, 2.75) is 64.5 Å². The molecule has 1 aliphatic heterocycles. The third kappa shape index (κ3) is 7.84. The highest BCUT2D eigenvalue weighted by atomic mass is 19.1. The first kappa shape index (κ1) is 32.3. The zero-order valence-electron chi connectivity index (χ0n) is 25.8. The van der Waals surface area contributed by atoms with Crippen LogP contribution in [-0.2, 0) is 32.9 Å². The minimum Gasteiger partial charge on any atom is -0.493 e. The lowest BCUT2D eigenvalue weighted by Gasteiger charge is -2.39. The molecule has 1 heterocycles. The molecule has 2 N–H and O–H groups in total. The summed E-state index contributed by atoms with van der Waals surface area (Å²) in [5.41, 5.74) is 1.07. The summed E-state index contributed by atoms with van der Waals surface area (Å²) < 4.78 is 25.6. The molecule has 1 unspecified atom stereocenters. The molecule has 1 saturated heterocycles. The molecular weight excluding hydrogens is 551 g/mol. The number of carbonyl (C=O) groups excluding carboxylic acids is 3. The molecule has 0 saturated carbocycles. The summed E-state index contributed by atoms with van der Waals surface area (Å²) in [6.07, 6.45) is 4.17. The number of halogens is 1. The van der Waals surface area contributed by atoms with Crippen LogP contribution in [0.15, 0.2) is 36.4 Å². The minimum absolute atomic E-state index is 0.0273. The predicted octanol–water partition coefficient (Wildman–Crippen LogP) is 3.78. The number of methoxy groups -OCH3 is 2. The van der Waals surface area contributed by atoms with Crippen molar-refractivity contribution >= 4 is 17.7 Å². The first-order valence-corrected chi connectivity index (χ1v) is 15.2. The third-order valence-electron chi connectivity index (χ3n) is 8.37. The van der Waals surface area contributed by atoms with Crippen LogP contribution in [0.4, 0.5) is 4.39 Å². The van der Waals surface area contributed by atoms with Gasteiger partial charge < -0.3 is 25.0 Å². The van der Waals surface area contributed by atoms with Gasteiger partial charge in [-0.1, -0.05) is 38.1 Å². The molecule has 1 fully saturated rings. The Morgan fingerprint density at radius 3 is 2.49 bits per heavy atom. The first-order valence-electron chi connectivity index (χ1n) is 15.2. The zero-order chi connectivity index (χ0) is 31.0. The molecule has 3 amide bonds. The Kier molecular flexibility index (Phi) is 11.0. The topological polar surface area (TPSA) is 100 Å². The van der Waals surface area contributed by atoms with E-state index in [0.717, 1.165) is 30.4 Å². The Labute approximate surface area is 254 Å². The first-order chi connectivity index (χ1) is 20.7. The van der Waals surface area contributed by atoms with Crippen molar-refractivity contribution in [3.8, 4) is 11.5 Å². The van der Waals surface area contributed by atoms with E-state index in [0.29, 0.717) is 61.9 Å². The number of rotatable bonds is 7. The highest BCUT2D eigenvalue weighted by Crippen LogP contribution is 2.36. The van der Waals surface area contributed by atoms with Crippen molar-refractivity contribution in [2.75, 3.05) is 46.9 Å². The van der Waals surface area contributed by atoms with Gasteiger partial charge in [-0.05, 0) is 68.2 Å². The van der Waals surface area contributed by atoms with Crippen molar-refractivity contribution in [1.29, 1.82) is 0 Å². The Morgan fingerprint density at radius 1 is 1.00 bits per heavy atom. The minimum atomic E-state index is -1.18. The number of nitrogens with zero attached hydrogens (tertiary/aromatic N) is 2. The highest BCUT2D eigenvalue weighted by Gasteiger charge is 2.44. The largest absolute Gasteiger partial charge is 0.493 e. The van der Waals surface area contributed by atoms with Gasteiger partial charge in [0.15, 0.2) is 11.5 Å². The van der Waals surface area contributed by atoms with Gasteiger partial charge in [-0.2, -0.15) is 0 Å². The van der Waals surface area contributed by atoms with Gasteiger partial charge in [0.05, 0.1) is 27.3 Å². The molecule has 1 aliphatic carbocycles. The van der Waals surface area contributed by atoms with Gasteiger partial charge in [0.1, 0.15) is 11.4 Å². The number of amides is 3. The summed E-state index contributed by atoms with van der Waals surface area (Å²) in [6.45, 7) is 5.50. The summed E-state index contributed by atoms with van der Waals surface area (Å²) >= 11 is 0. The molecule has 1 spiro atoms. The summed E-state index contributed by atoms with van der Waals surface area (Å²) in [7, 11) is 2.94. The maximum absolute atomic E-state index is 15.1.